The molecule has 2 rings (SSSR count). The Kier molecular flexibility index (Phi) is 4.65. The minimum atomic E-state index is -0.155. The lowest BCUT2D eigenvalue weighted by Gasteiger charge is -2.34. The largest absolute Gasteiger partial charge is 0.399 e. The highest BCUT2D eigenvalue weighted by Gasteiger charge is 2.29. The lowest BCUT2D eigenvalue weighted by Crippen LogP contribution is -2.39. The van der Waals surface area contributed by atoms with E-state index >= 15 is 0 Å². The molecule has 1 atom stereocenters. The molecule has 20 heavy (non-hydrogen) atoms. The summed E-state index contributed by atoms with van der Waals surface area (Å²) in [4.78, 5) is 14.0. The molecule has 4 nitrogen and oxygen atoms in total. The number of aliphatic hydroxyl groups excluding tert-OH is 1. The molecule has 3 N–H and O–H groups in total. The van der Waals surface area contributed by atoms with Crippen molar-refractivity contribution in [2.45, 2.75) is 38.2 Å². The summed E-state index contributed by atoms with van der Waals surface area (Å²) in [5.74, 6) is 0.819. The van der Waals surface area contributed by atoms with Gasteiger partial charge in [0.25, 0.3) is 0 Å². The fourth-order valence-corrected chi connectivity index (χ4v) is 2.70. The number of nitrogens with zero attached hydrogens (tertiary/aromatic N) is 1. The molecular weight excluding hydrogens is 252 g/mol. The van der Waals surface area contributed by atoms with Gasteiger partial charge in [0.1, 0.15) is 0 Å². The number of amides is 1. The van der Waals surface area contributed by atoms with Gasteiger partial charge in [0.2, 0.25) is 5.91 Å². The molecular formula is C16H24N2O2. The van der Waals surface area contributed by atoms with Crippen LogP contribution in [0.2, 0.25) is 0 Å². The fourth-order valence-electron chi connectivity index (χ4n) is 2.70. The van der Waals surface area contributed by atoms with E-state index in [0.717, 1.165) is 30.6 Å². The lowest BCUT2D eigenvalue weighted by molar-refractivity contribution is -0.131. The number of aliphatic hydroxyl groups is 1. The second-order valence-electron chi connectivity index (χ2n) is 6.04. The van der Waals surface area contributed by atoms with Crippen LogP contribution < -0.4 is 5.73 Å². The Hall–Kier alpha value is -1.55. The quantitative estimate of drug-likeness (QED) is 0.808. The van der Waals surface area contributed by atoms with Gasteiger partial charge in [-0.25, -0.2) is 0 Å². The third kappa shape index (κ3) is 3.73. The highest BCUT2D eigenvalue weighted by atomic mass is 16.3. The number of anilines is 1. The van der Waals surface area contributed by atoms with Crippen molar-refractivity contribution in [2.24, 2.45) is 5.92 Å². The fraction of sp³-hybridized carbons (Fsp3) is 0.562. The van der Waals surface area contributed by atoms with E-state index in [0.29, 0.717) is 12.3 Å². The van der Waals surface area contributed by atoms with Crippen LogP contribution in [0.4, 0.5) is 5.69 Å². The summed E-state index contributed by atoms with van der Waals surface area (Å²) in [6.45, 7) is 2.81. The molecule has 0 aromatic heterocycles. The number of carbonyl (C=O) groups is 1. The zero-order valence-electron chi connectivity index (χ0n) is 12.2. The third-order valence-corrected chi connectivity index (χ3v) is 4.15. The average Bonchev–Trinajstić information content (AvgIpc) is 2.37. The van der Waals surface area contributed by atoms with Crippen molar-refractivity contribution < 1.29 is 9.90 Å². The lowest BCUT2D eigenvalue weighted by atomic mass is 9.82. The molecule has 110 valence electrons. The van der Waals surface area contributed by atoms with E-state index in [4.69, 9.17) is 5.73 Å². The van der Waals surface area contributed by atoms with Crippen LogP contribution in [0.5, 0.6) is 0 Å². The summed E-state index contributed by atoms with van der Waals surface area (Å²) < 4.78 is 0. The smallest absolute Gasteiger partial charge is 0.222 e. The highest BCUT2D eigenvalue weighted by Crippen LogP contribution is 2.28. The van der Waals surface area contributed by atoms with Gasteiger partial charge in [0.15, 0.2) is 0 Å². The molecule has 0 bridgehead atoms. The van der Waals surface area contributed by atoms with Crippen molar-refractivity contribution in [3.05, 3.63) is 29.8 Å². The summed E-state index contributed by atoms with van der Waals surface area (Å²) in [5.41, 5.74) is 7.55. The molecule has 1 fully saturated rings. The number of carbonyl (C=O) groups excluding carboxylic acids is 1. The molecule has 1 saturated carbocycles. The summed E-state index contributed by atoms with van der Waals surface area (Å²) in [5, 5.41) is 9.27. The van der Waals surface area contributed by atoms with Crippen molar-refractivity contribution in [3.63, 3.8) is 0 Å². The van der Waals surface area contributed by atoms with Gasteiger partial charge >= 0.3 is 0 Å². The summed E-state index contributed by atoms with van der Waals surface area (Å²) >= 11 is 0. The first kappa shape index (κ1) is 14.9. The van der Waals surface area contributed by atoms with Crippen LogP contribution in [0.15, 0.2) is 24.3 Å². The zero-order valence-corrected chi connectivity index (χ0v) is 12.2. The molecule has 1 aromatic carbocycles. The van der Waals surface area contributed by atoms with Gasteiger partial charge in [-0.05, 0) is 42.4 Å². The standard InChI is InChI=1S/C16H24N2O2/c1-11(13-3-5-14(17)6-4-13)7-16(20)18(2)10-12-8-15(19)9-12/h3-6,11-12,15,19H,7-10,17H2,1-2H3. The number of hydrogen-bond donors (Lipinski definition) is 2. The van der Waals surface area contributed by atoms with Gasteiger partial charge in [0, 0.05) is 25.7 Å². The Labute approximate surface area is 120 Å². The van der Waals surface area contributed by atoms with Gasteiger partial charge < -0.3 is 15.7 Å². The van der Waals surface area contributed by atoms with Crippen LogP contribution in [-0.4, -0.2) is 35.6 Å². The van der Waals surface area contributed by atoms with E-state index in [1.54, 1.807) is 4.90 Å². The molecule has 0 spiro atoms. The summed E-state index contributed by atoms with van der Waals surface area (Å²) in [6.07, 6.45) is 2.00. The molecule has 1 amide bonds. The van der Waals surface area contributed by atoms with Crippen molar-refractivity contribution in [1.82, 2.24) is 4.90 Å². The topological polar surface area (TPSA) is 66.6 Å². The third-order valence-electron chi connectivity index (χ3n) is 4.15. The predicted molar refractivity (Wildman–Crippen MR) is 80.3 cm³/mol. The Morgan fingerprint density at radius 3 is 2.55 bits per heavy atom. The zero-order chi connectivity index (χ0) is 14.7. The van der Waals surface area contributed by atoms with Crippen LogP contribution in [0, 0.1) is 5.92 Å². The van der Waals surface area contributed by atoms with E-state index in [-0.39, 0.29) is 17.9 Å². The van der Waals surface area contributed by atoms with E-state index in [9.17, 15) is 9.90 Å². The SMILES string of the molecule is CC(CC(=O)N(C)CC1CC(O)C1)c1ccc(N)cc1. The Morgan fingerprint density at radius 1 is 1.40 bits per heavy atom. The van der Waals surface area contributed by atoms with Crippen LogP contribution >= 0.6 is 0 Å². The minimum Gasteiger partial charge on any atom is -0.399 e. The van der Waals surface area contributed by atoms with Gasteiger partial charge in [-0.1, -0.05) is 19.1 Å². The molecule has 1 unspecified atom stereocenters. The van der Waals surface area contributed by atoms with E-state index < -0.39 is 0 Å². The van der Waals surface area contributed by atoms with Crippen LogP contribution in [0.25, 0.3) is 0 Å². The molecule has 0 saturated heterocycles. The van der Waals surface area contributed by atoms with Crippen molar-refractivity contribution >= 4 is 11.6 Å². The second-order valence-corrected chi connectivity index (χ2v) is 6.04. The second kappa shape index (κ2) is 6.27. The first-order chi connectivity index (χ1) is 9.45. The molecule has 1 aliphatic carbocycles. The number of nitrogen functional groups attached to an aromatic ring is 1. The van der Waals surface area contributed by atoms with Crippen LogP contribution in [0.1, 0.15) is 37.7 Å². The Morgan fingerprint density at radius 2 is 2.00 bits per heavy atom. The van der Waals surface area contributed by atoms with Gasteiger partial charge in [0.05, 0.1) is 6.10 Å². The van der Waals surface area contributed by atoms with E-state index in [1.165, 1.54) is 0 Å². The van der Waals surface area contributed by atoms with E-state index in [2.05, 4.69) is 6.92 Å². The van der Waals surface area contributed by atoms with Crippen molar-refractivity contribution in [3.8, 4) is 0 Å². The first-order valence-corrected chi connectivity index (χ1v) is 7.23. The van der Waals surface area contributed by atoms with Crippen LogP contribution in [-0.2, 0) is 4.79 Å². The Bertz CT molecular complexity index is 452. The number of rotatable bonds is 5. The first-order valence-electron chi connectivity index (χ1n) is 7.23. The maximum atomic E-state index is 12.2. The van der Waals surface area contributed by atoms with Crippen LogP contribution in [0.3, 0.4) is 0 Å². The predicted octanol–water partition coefficient (Wildman–Crippen LogP) is 1.99. The molecule has 0 aliphatic heterocycles. The summed E-state index contributed by atoms with van der Waals surface area (Å²) in [7, 11) is 1.85. The average molecular weight is 276 g/mol. The normalized spacial score (nSPS) is 22.9. The number of nitrogens with two attached hydrogens (primary N) is 1. The molecule has 1 aromatic rings. The molecule has 0 heterocycles. The van der Waals surface area contributed by atoms with Gasteiger partial charge in [-0.15, -0.1) is 0 Å². The van der Waals surface area contributed by atoms with Crippen molar-refractivity contribution in [1.29, 1.82) is 0 Å². The maximum absolute atomic E-state index is 12.2. The van der Waals surface area contributed by atoms with Gasteiger partial charge in [-0.2, -0.15) is 0 Å². The Balaban J connectivity index is 1.82. The van der Waals surface area contributed by atoms with Crippen molar-refractivity contribution in [2.75, 3.05) is 19.3 Å². The van der Waals surface area contributed by atoms with Gasteiger partial charge in [-0.3, -0.25) is 4.79 Å². The molecule has 0 radical (unpaired) electrons. The minimum absolute atomic E-state index is 0.155. The monoisotopic (exact) mass is 276 g/mol. The summed E-state index contributed by atoms with van der Waals surface area (Å²) in [6, 6.07) is 7.71. The highest BCUT2D eigenvalue weighted by molar-refractivity contribution is 5.76. The number of hydrogen-bond acceptors (Lipinski definition) is 3. The molecule has 1 aliphatic rings. The molecule has 4 heteroatoms. The van der Waals surface area contributed by atoms with E-state index in [1.807, 2.05) is 31.3 Å². The number of benzene rings is 1. The maximum Gasteiger partial charge on any atom is 0.222 e.